The molecule has 3 aromatic rings. The van der Waals surface area contributed by atoms with E-state index in [1.165, 1.54) is 12.1 Å². The Kier molecular flexibility index (Phi) is 6.89. The van der Waals surface area contributed by atoms with Crippen LogP contribution in [0.25, 0.3) is 0 Å². The number of benzene rings is 3. The second-order valence-corrected chi connectivity index (χ2v) is 9.70. The zero-order valence-corrected chi connectivity index (χ0v) is 19.7. The Bertz CT molecular complexity index is 1220. The minimum absolute atomic E-state index is 0.106. The third-order valence-electron chi connectivity index (χ3n) is 4.94. The summed E-state index contributed by atoms with van der Waals surface area (Å²) in [6.45, 7) is 9.40. The summed E-state index contributed by atoms with van der Waals surface area (Å²) in [6.07, 6.45) is -0.717. The van der Waals surface area contributed by atoms with E-state index in [1.807, 2.05) is 58.0 Å². The van der Waals surface area contributed by atoms with Gasteiger partial charge in [0.15, 0.2) is 6.10 Å². The van der Waals surface area contributed by atoms with E-state index in [-0.39, 0.29) is 10.8 Å². The molecule has 0 aromatic heterocycles. The predicted octanol–water partition coefficient (Wildman–Crippen LogP) is 5.13. The van der Waals surface area contributed by atoms with Crippen LogP contribution in [0.3, 0.4) is 0 Å². The average Bonchev–Trinajstić information content (AvgIpc) is 2.69. The fourth-order valence-corrected chi connectivity index (χ4v) is 4.48. The van der Waals surface area contributed by atoms with E-state index in [1.54, 1.807) is 25.1 Å². The van der Waals surface area contributed by atoms with Crippen molar-refractivity contribution in [2.24, 2.45) is 0 Å². The van der Waals surface area contributed by atoms with E-state index in [9.17, 15) is 13.2 Å². The van der Waals surface area contributed by atoms with Crippen LogP contribution in [0.15, 0.2) is 65.6 Å². The lowest BCUT2D eigenvalue weighted by atomic mass is 10.1. The normalized spacial score (nSPS) is 12.2. The summed E-state index contributed by atoms with van der Waals surface area (Å²) in [4.78, 5) is 12.6. The van der Waals surface area contributed by atoms with E-state index < -0.39 is 16.1 Å². The van der Waals surface area contributed by atoms with Crippen LogP contribution in [-0.2, 0) is 14.8 Å². The zero-order valence-electron chi connectivity index (χ0n) is 18.9. The summed E-state index contributed by atoms with van der Waals surface area (Å²) in [7, 11) is -3.75. The van der Waals surface area contributed by atoms with Crippen molar-refractivity contribution in [3.63, 3.8) is 0 Å². The van der Waals surface area contributed by atoms with Gasteiger partial charge >= 0.3 is 0 Å². The van der Waals surface area contributed by atoms with Gasteiger partial charge in [-0.3, -0.25) is 9.52 Å². The molecule has 0 unspecified atom stereocenters. The third kappa shape index (κ3) is 5.88. The highest BCUT2D eigenvalue weighted by atomic mass is 32.2. The Hall–Kier alpha value is -3.32. The highest BCUT2D eigenvalue weighted by Gasteiger charge is 2.18. The molecule has 0 saturated heterocycles. The van der Waals surface area contributed by atoms with Crippen LogP contribution in [-0.4, -0.2) is 20.4 Å². The lowest BCUT2D eigenvalue weighted by Crippen LogP contribution is -2.30. The number of aryl methyl sites for hydroxylation is 4. The standard InChI is InChI=1S/C25H28N2O4S/c1-16-6-11-24(19(4)13-16)27-32(29,30)23-9-7-21(8-10-23)26-25(28)20(5)31-22-14-17(2)12-18(3)15-22/h6-15,20,27H,1-5H3,(H,26,28)/t20-/m0/s1. The van der Waals surface area contributed by atoms with Crippen molar-refractivity contribution in [3.05, 3.63) is 82.9 Å². The van der Waals surface area contributed by atoms with Gasteiger partial charge in [0.1, 0.15) is 5.75 Å². The first-order valence-corrected chi connectivity index (χ1v) is 11.8. The lowest BCUT2D eigenvalue weighted by molar-refractivity contribution is -0.122. The summed E-state index contributed by atoms with van der Waals surface area (Å²) in [5.74, 6) is 0.303. The molecule has 32 heavy (non-hydrogen) atoms. The van der Waals surface area contributed by atoms with E-state index in [0.717, 1.165) is 22.3 Å². The fourth-order valence-electron chi connectivity index (χ4n) is 3.35. The first kappa shape index (κ1) is 23.3. The summed E-state index contributed by atoms with van der Waals surface area (Å²) in [6, 6.07) is 17.3. The average molecular weight is 453 g/mol. The Labute approximate surface area is 189 Å². The first-order valence-electron chi connectivity index (χ1n) is 10.3. The molecule has 0 heterocycles. The van der Waals surface area contributed by atoms with Crippen molar-refractivity contribution in [3.8, 4) is 5.75 Å². The molecule has 7 heteroatoms. The van der Waals surface area contributed by atoms with Gasteiger partial charge in [-0.2, -0.15) is 0 Å². The van der Waals surface area contributed by atoms with Gasteiger partial charge in [0, 0.05) is 5.69 Å². The van der Waals surface area contributed by atoms with Crippen molar-refractivity contribution in [2.45, 2.75) is 45.6 Å². The van der Waals surface area contributed by atoms with Crippen molar-refractivity contribution in [1.29, 1.82) is 0 Å². The van der Waals surface area contributed by atoms with Gasteiger partial charge in [-0.25, -0.2) is 8.42 Å². The molecule has 1 amide bonds. The number of hydrogen-bond donors (Lipinski definition) is 2. The van der Waals surface area contributed by atoms with Crippen LogP contribution in [0, 0.1) is 27.7 Å². The monoisotopic (exact) mass is 452 g/mol. The van der Waals surface area contributed by atoms with Crippen molar-refractivity contribution in [2.75, 3.05) is 10.0 Å². The lowest BCUT2D eigenvalue weighted by Gasteiger charge is -2.16. The number of sulfonamides is 1. The second-order valence-electron chi connectivity index (χ2n) is 8.02. The highest BCUT2D eigenvalue weighted by Crippen LogP contribution is 2.22. The molecular weight excluding hydrogens is 424 g/mol. The predicted molar refractivity (Wildman–Crippen MR) is 128 cm³/mol. The number of carbonyl (C=O) groups excluding carboxylic acids is 1. The molecule has 0 aliphatic rings. The largest absolute Gasteiger partial charge is 0.481 e. The summed E-state index contributed by atoms with van der Waals surface area (Å²) >= 11 is 0. The van der Waals surface area contributed by atoms with Crippen molar-refractivity contribution in [1.82, 2.24) is 0 Å². The van der Waals surface area contributed by atoms with Crippen molar-refractivity contribution >= 4 is 27.3 Å². The number of carbonyl (C=O) groups is 1. The number of nitrogens with one attached hydrogen (secondary N) is 2. The summed E-state index contributed by atoms with van der Waals surface area (Å²) < 4.78 is 33.8. The van der Waals surface area contributed by atoms with Gasteiger partial charge in [-0.15, -0.1) is 0 Å². The molecule has 0 aliphatic heterocycles. The highest BCUT2D eigenvalue weighted by molar-refractivity contribution is 7.92. The Morgan fingerprint density at radius 3 is 2.06 bits per heavy atom. The smallest absolute Gasteiger partial charge is 0.265 e. The Morgan fingerprint density at radius 1 is 0.844 bits per heavy atom. The zero-order chi connectivity index (χ0) is 23.5. The molecule has 3 rings (SSSR count). The van der Waals surface area contributed by atoms with Gasteiger partial charge in [-0.1, -0.05) is 23.8 Å². The topological polar surface area (TPSA) is 84.5 Å². The molecule has 0 bridgehead atoms. The van der Waals surface area contributed by atoms with Gasteiger partial charge in [-0.05, 0) is 93.8 Å². The minimum Gasteiger partial charge on any atom is -0.481 e. The minimum atomic E-state index is -3.75. The van der Waals surface area contributed by atoms with E-state index in [4.69, 9.17) is 4.74 Å². The molecular formula is C25H28N2O4S. The number of amides is 1. The molecule has 6 nitrogen and oxygen atoms in total. The maximum absolute atomic E-state index is 12.7. The molecule has 0 aliphatic carbocycles. The van der Waals surface area contributed by atoms with Gasteiger partial charge in [0.2, 0.25) is 0 Å². The number of rotatable bonds is 7. The second kappa shape index (κ2) is 9.44. The molecule has 0 fully saturated rings. The van der Waals surface area contributed by atoms with Crippen LogP contribution in [0.2, 0.25) is 0 Å². The van der Waals surface area contributed by atoms with E-state index >= 15 is 0 Å². The van der Waals surface area contributed by atoms with Crippen LogP contribution in [0.4, 0.5) is 11.4 Å². The molecule has 0 saturated carbocycles. The number of hydrogen-bond acceptors (Lipinski definition) is 4. The summed E-state index contributed by atoms with van der Waals surface area (Å²) in [5.41, 5.74) is 5.02. The van der Waals surface area contributed by atoms with Crippen molar-refractivity contribution < 1.29 is 17.9 Å². The van der Waals surface area contributed by atoms with E-state index in [0.29, 0.717) is 17.1 Å². The quantitative estimate of drug-likeness (QED) is 0.521. The third-order valence-corrected chi connectivity index (χ3v) is 6.32. The van der Waals surface area contributed by atoms with Crippen LogP contribution >= 0.6 is 0 Å². The van der Waals surface area contributed by atoms with Gasteiger partial charge in [0.05, 0.1) is 10.6 Å². The number of anilines is 2. The number of ether oxygens (including phenoxy) is 1. The van der Waals surface area contributed by atoms with Gasteiger partial charge < -0.3 is 10.1 Å². The van der Waals surface area contributed by atoms with Crippen LogP contribution < -0.4 is 14.8 Å². The first-order chi connectivity index (χ1) is 15.0. The molecule has 0 radical (unpaired) electrons. The summed E-state index contributed by atoms with van der Waals surface area (Å²) in [5, 5.41) is 2.76. The van der Waals surface area contributed by atoms with E-state index in [2.05, 4.69) is 10.0 Å². The molecule has 1 atom stereocenters. The van der Waals surface area contributed by atoms with Crippen LogP contribution in [0.5, 0.6) is 5.75 Å². The molecule has 2 N–H and O–H groups in total. The maximum Gasteiger partial charge on any atom is 0.265 e. The molecule has 168 valence electrons. The molecule has 0 spiro atoms. The Balaban J connectivity index is 1.66. The Morgan fingerprint density at radius 2 is 1.47 bits per heavy atom. The van der Waals surface area contributed by atoms with Crippen LogP contribution in [0.1, 0.15) is 29.2 Å². The molecule has 3 aromatic carbocycles. The SMILES string of the molecule is Cc1cc(C)cc(O[C@@H](C)C(=O)Nc2ccc(S(=O)(=O)Nc3ccc(C)cc3C)cc2)c1. The van der Waals surface area contributed by atoms with Gasteiger partial charge in [0.25, 0.3) is 15.9 Å². The maximum atomic E-state index is 12.7. The fraction of sp³-hybridized carbons (Fsp3) is 0.240.